The zero-order valence-corrected chi connectivity index (χ0v) is 12.8. The van der Waals surface area contributed by atoms with E-state index in [2.05, 4.69) is 13.8 Å². The van der Waals surface area contributed by atoms with Crippen molar-refractivity contribution < 1.29 is 4.74 Å². The minimum absolute atomic E-state index is 0.134. The topological polar surface area (TPSA) is 35.2 Å². The van der Waals surface area contributed by atoms with E-state index in [-0.39, 0.29) is 5.54 Å². The first-order chi connectivity index (χ1) is 8.94. The van der Waals surface area contributed by atoms with Crippen molar-refractivity contribution in [3.05, 3.63) is 28.8 Å². The molecule has 2 nitrogen and oxygen atoms in total. The quantitative estimate of drug-likeness (QED) is 0.907. The molecule has 2 rings (SSSR count). The van der Waals surface area contributed by atoms with E-state index in [0.717, 1.165) is 35.1 Å². The standard InChI is InChI=1S/C16H24ClNO/c1-11-6-7-16(18,12(2)8-11)10-13-9-14(17)4-5-15(13)19-3/h4-5,9,11-12H,6-8,10,18H2,1-3H3. The van der Waals surface area contributed by atoms with Crippen molar-refractivity contribution in [2.75, 3.05) is 7.11 Å². The van der Waals surface area contributed by atoms with Crippen LogP contribution < -0.4 is 10.5 Å². The minimum Gasteiger partial charge on any atom is -0.496 e. The van der Waals surface area contributed by atoms with E-state index in [1.165, 1.54) is 12.8 Å². The van der Waals surface area contributed by atoms with Gasteiger partial charge in [0.25, 0.3) is 0 Å². The summed E-state index contributed by atoms with van der Waals surface area (Å²) < 4.78 is 5.43. The van der Waals surface area contributed by atoms with E-state index in [1.807, 2.05) is 18.2 Å². The second kappa shape index (κ2) is 5.72. The van der Waals surface area contributed by atoms with Crippen LogP contribution in [0.25, 0.3) is 0 Å². The van der Waals surface area contributed by atoms with Gasteiger partial charge in [-0.05, 0) is 61.3 Å². The molecule has 3 unspecified atom stereocenters. The van der Waals surface area contributed by atoms with Crippen LogP contribution in [0.5, 0.6) is 5.75 Å². The Morgan fingerprint density at radius 1 is 1.42 bits per heavy atom. The number of hydrogen-bond acceptors (Lipinski definition) is 2. The Balaban J connectivity index is 2.22. The van der Waals surface area contributed by atoms with Gasteiger partial charge in [0.05, 0.1) is 7.11 Å². The number of hydrogen-bond donors (Lipinski definition) is 1. The molecule has 1 aromatic carbocycles. The summed E-state index contributed by atoms with van der Waals surface area (Å²) in [7, 11) is 1.70. The molecule has 2 N–H and O–H groups in total. The molecule has 1 aliphatic carbocycles. The summed E-state index contributed by atoms with van der Waals surface area (Å²) in [4.78, 5) is 0. The Morgan fingerprint density at radius 3 is 2.79 bits per heavy atom. The van der Waals surface area contributed by atoms with Gasteiger partial charge in [0.1, 0.15) is 5.75 Å². The van der Waals surface area contributed by atoms with Crippen molar-refractivity contribution in [1.29, 1.82) is 0 Å². The molecule has 3 heteroatoms. The predicted octanol–water partition coefficient (Wildman–Crippen LogP) is 4.04. The van der Waals surface area contributed by atoms with Crippen LogP contribution in [-0.4, -0.2) is 12.6 Å². The third kappa shape index (κ3) is 3.24. The first-order valence-corrected chi connectivity index (χ1v) is 7.43. The lowest BCUT2D eigenvalue weighted by Crippen LogP contribution is -2.51. The first-order valence-electron chi connectivity index (χ1n) is 7.06. The molecule has 1 fully saturated rings. The maximum absolute atomic E-state index is 6.67. The number of ether oxygens (including phenoxy) is 1. The van der Waals surface area contributed by atoms with Crippen LogP contribution in [0, 0.1) is 11.8 Å². The molecule has 0 amide bonds. The zero-order chi connectivity index (χ0) is 14.0. The maximum atomic E-state index is 6.67. The molecule has 0 radical (unpaired) electrons. The molecule has 0 saturated heterocycles. The van der Waals surface area contributed by atoms with Gasteiger partial charge in [0, 0.05) is 10.6 Å². The molecule has 1 aliphatic rings. The summed E-state index contributed by atoms with van der Waals surface area (Å²) in [5, 5.41) is 0.747. The number of methoxy groups -OCH3 is 1. The van der Waals surface area contributed by atoms with E-state index in [1.54, 1.807) is 7.11 Å². The highest BCUT2D eigenvalue weighted by molar-refractivity contribution is 6.30. The minimum atomic E-state index is -0.134. The van der Waals surface area contributed by atoms with Crippen LogP contribution in [0.15, 0.2) is 18.2 Å². The van der Waals surface area contributed by atoms with Crippen LogP contribution >= 0.6 is 11.6 Å². The second-order valence-electron chi connectivity index (χ2n) is 6.15. The molecule has 1 saturated carbocycles. The fourth-order valence-electron chi connectivity index (χ4n) is 3.22. The summed E-state index contributed by atoms with van der Waals surface area (Å²) in [6.07, 6.45) is 4.33. The van der Waals surface area contributed by atoms with E-state index in [9.17, 15) is 0 Å². The second-order valence-corrected chi connectivity index (χ2v) is 6.58. The molecule has 0 bridgehead atoms. The Labute approximate surface area is 121 Å². The van der Waals surface area contributed by atoms with Crippen molar-refractivity contribution in [2.45, 2.75) is 45.1 Å². The van der Waals surface area contributed by atoms with Gasteiger partial charge in [-0.2, -0.15) is 0 Å². The van der Waals surface area contributed by atoms with Gasteiger partial charge in [-0.1, -0.05) is 25.4 Å². The van der Waals surface area contributed by atoms with Gasteiger partial charge < -0.3 is 10.5 Å². The Hall–Kier alpha value is -0.730. The summed E-state index contributed by atoms with van der Waals surface area (Å²) >= 11 is 6.10. The van der Waals surface area contributed by atoms with Crippen LogP contribution in [0.4, 0.5) is 0 Å². The van der Waals surface area contributed by atoms with Crippen molar-refractivity contribution in [3.8, 4) is 5.75 Å². The average Bonchev–Trinajstić information content (AvgIpc) is 2.35. The normalized spacial score (nSPS) is 31.2. The van der Waals surface area contributed by atoms with Crippen LogP contribution in [-0.2, 0) is 6.42 Å². The summed E-state index contributed by atoms with van der Waals surface area (Å²) in [5.41, 5.74) is 7.66. The number of halogens is 1. The van der Waals surface area contributed by atoms with Crippen molar-refractivity contribution in [1.82, 2.24) is 0 Å². The molecule has 0 aromatic heterocycles. The molecule has 0 heterocycles. The molecule has 3 atom stereocenters. The third-order valence-electron chi connectivity index (χ3n) is 4.60. The third-order valence-corrected chi connectivity index (χ3v) is 4.84. The summed E-state index contributed by atoms with van der Waals surface area (Å²) in [6.45, 7) is 4.59. The first kappa shape index (κ1) is 14.7. The Bertz CT molecular complexity index is 448. The molecule has 1 aromatic rings. The lowest BCUT2D eigenvalue weighted by atomic mass is 9.68. The maximum Gasteiger partial charge on any atom is 0.122 e. The Morgan fingerprint density at radius 2 is 2.16 bits per heavy atom. The fraction of sp³-hybridized carbons (Fsp3) is 0.625. The van der Waals surface area contributed by atoms with Gasteiger partial charge in [-0.3, -0.25) is 0 Å². The van der Waals surface area contributed by atoms with Crippen LogP contribution in [0.2, 0.25) is 5.02 Å². The highest BCUT2D eigenvalue weighted by Crippen LogP contribution is 2.38. The van der Waals surface area contributed by atoms with Gasteiger partial charge in [0.15, 0.2) is 0 Å². The van der Waals surface area contributed by atoms with Crippen LogP contribution in [0.1, 0.15) is 38.7 Å². The molecular formula is C16H24ClNO. The smallest absolute Gasteiger partial charge is 0.122 e. The van der Waals surface area contributed by atoms with Crippen molar-refractivity contribution in [2.24, 2.45) is 17.6 Å². The lowest BCUT2D eigenvalue weighted by Gasteiger charge is -2.42. The van der Waals surface area contributed by atoms with E-state index in [4.69, 9.17) is 22.1 Å². The highest BCUT2D eigenvalue weighted by Gasteiger charge is 2.37. The lowest BCUT2D eigenvalue weighted by molar-refractivity contribution is 0.162. The van der Waals surface area contributed by atoms with E-state index < -0.39 is 0 Å². The molecule has 0 aliphatic heterocycles. The number of rotatable bonds is 3. The van der Waals surface area contributed by atoms with Crippen LogP contribution in [0.3, 0.4) is 0 Å². The summed E-state index contributed by atoms with van der Waals surface area (Å²) in [5.74, 6) is 2.20. The fourth-order valence-corrected chi connectivity index (χ4v) is 3.41. The van der Waals surface area contributed by atoms with Gasteiger partial charge in [-0.15, -0.1) is 0 Å². The highest BCUT2D eigenvalue weighted by atomic mass is 35.5. The van der Waals surface area contributed by atoms with E-state index in [0.29, 0.717) is 5.92 Å². The largest absolute Gasteiger partial charge is 0.496 e. The van der Waals surface area contributed by atoms with Gasteiger partial charge in [0.2, 0.25) is 0 Å². The van der Waals surface area contributed by atoms with Gasteiger partial charge in [-0.25, -0.2) is 0 Å². The summed E-state index contributed by atoms with van der Waals surface area (Å²) in [6, 6.07) is 5.77. The SMILES string of the molecule is COc1ccc(Cl)cc1CC1(N)CCC(C)CC1C. The Kier molecular flexibility index (Phi) is 4.42. The van der Waals surface area contributed by atoms with Crippen molar-refractivity contribution in [3.63, 3.8) is 0 Å². The average molecular weight is 282 g/mol. The monoisotopic (exact) mass is 281 g/mol. The number of benzene rings is 1. The molecular weight excluding hydrogens is 258 g/mol. The molecule has 19 heavy (non-hydrogen) atoms. The molecule has 106 valence electrons. The number of nitrogens with two attached hydrogens (primary N) is 1. The molecule has 0 spiro atoms. The zero-order valence-electron chi connectivity index (χ0n) is 12.1. The van der Waals surface area contributed by atoms with Crippen molar-refractivity contribution >= 4 is 11.6 Å². The van der Waals surface area contributed by atoms with E-state index >= 15 is 0 Å². The van der Waals surface area contributed by atoms with Gasteiger partial charge >= 0.3 is 0 Å². The predicted molar refractivity (Wildman–Crippen MR) is 80.8 cm³/mol.